The van der Waals surface area contributed by atoms with Gasteiger partial charge in [-0.25, -0.2) is 4.79 Å². The van der Waals surface area contributed by atoms with Crippen LogP contribution in [0.2, 0.25) is 0 Å². The largest absolute Gasteiger partial charge is 0.462 e. The van der Waals surface area contributed by atoms with E-state index in [4.69, 9.17) is 4.74 Å². The lowest BCUT2D eigenvalue weighted by Crippen LogP contribution is -2.04. The molecule has 0 bridgehead atoms. The van der Waals surface area contributed by atoms with Crippen molar-refractivity contribution in [3.05, 3.63) is 60.7 Å². The highest BCUT2D eigenvalue weighted by atomic mass is 16.5. The van der Waals surface area contributed by atoms with Gasteiger partial charge in [-0.1, -0.05) is 6.07 Å². The third-order valence-corrected chi connectivity index (χ3v) is 1.74. The van der Waals surface area contributed by atoms with Crippen LogP contribution in [0.4, 0.5) is 0 Å². The van der Waals surface area contributed by atoms with E-state index >= 15 is 0 Å². The molecule has 0 fully saturated rings. The van der Waals surface area contributed by atoms with E-state index in [1.165, 1.54) is 6.20 Å². The van der Waals surface area contributed by atoms with Gasteiger partial charge < -0.3 is 4.74 Å². The van der Waals surface area contributed by atoms with Gasteiger partial charge >= 0.3 is 5.97 Å². The molecule has 17 heavy (non-hydrogen) atoms. The Kier molecular flexibility index (Phi) is 6.03. The summed E-state index contributed by atoms with van der Waals surface area (Å²) in [5, 5.41) is 0. The lowest BCUT2D eigenvalue weighted by molar-refractivity contribution is 0.0526. The van der Waals surface area contributed by atoms with Crippen LogP contribution >= 0.6 is 0 Å². The molecule has 2 heterocycles. The summed E-state index contributed by atoms with van der Waals surface area (Å²) in [6.45, 7) is 2.17. The molecule has 88 valence electrons. The first-order valence-electron chi connectivity index (χ1n) is 5.26. The van der Waals surface area contributed by atoms with Gasteiger partial charge in [0, 0.05) is 24.8 Å². The molecule has 0 saturated heterocycles. The summed E-state index contributed by atoms with van der Waals surface area (Å²) in [7, 11) is 0. The molecule has 4 nitrogen and oxygen atoms in total. The Morgan fingerprint density at radius 1 is 1.12 bits per heavy atom. The number of nitrogens with zero attached hydrogens (tertiary/aromatic N) is 2. The third kappa shape index (κ3) is 5.41. The molecule has 0 radical (unpaired) electrons. The van der Waals surface area contributed by atoms with E-state index in [1.54, 1.807) is 37.6 Å². The second-order valence-electron chi connectivity index (χ2n) is 2.99. The van der Waals surface area contributed by atoms with Gasteiger partial charge in [-0.2, -0.15) is 0 Å². The molecule has 2 rings (SSSR count). The van der Waals surface area contributed by atoms with Gasteiger partial charge in [-0.05, 0) is 31.2 Å². The average Bonchev–Trinajstić information content (AvgIpc) is 2.43. The van der Waals surface area contributed by atoms with E-state index in [0.717, 1.165) is 0 Å². The van der Waals surface area contributed by atoms with Crippen LogP contribution in [0.15, 0.2) is 55.1 Å². The maximum atomic E-state index is 11.0. The van der Waals surface area contributed by atoms with Gasteiger partial charge in [-0.15, -0.1) is 0 Å². The Morgan fingerprint density at radius 2 is 1.82 bits per heavy atom. The number of rotatable bonds is 2. The lowest BCUT2D eigenvalue weighted by atomic mass is 10.3. The fraction of sp³-hybridized carbons (Fsp3) is 0.154. The summed E-state index contributed by atoms with van der Waals surface area (Å²) in [5.41, 5.74) is 0.495. The smallest absolute Gasteiger partial charge is 0.339 e. The Balaban J connectivity index is 0.000000202. The van der Waals surface area contributed by atoms with Crippen LogP contribution in [-0.4, -0.2) is 22.5 Å². The molecule has 0 aliphatic heterocycles. The van der Waals surface area contributed by atoms with Gasteiger partial charge in [0.15, 0.2) is 0 Å². The lowest BCUT2D eigenvalue weighted by Gasteiger charge is -1.98. The van der Waals surface area contributed by atoms with Crippen LogP contribution in [0.3, 0.4) is 0 Å². The number of pyridine rings is 2. The van der Waals surface area contributed by atoms with Crippen molar-refractivity contribution in [2.75, 3.05) is 6.61 Å². The van der Waals surface area contributed by atoms with Gasteiger partial charge in [0.05, 0.1) is 12.2 Å². The zero-order valence-corrected chi connectivity index (χ0v) is 9.61. The van der Waals surface area contributed by atoms with E-state index in [0.29, 0.717) is 12.2 Å². The van der Waals surface area contributed by atoms with Crippen molar-refractivity contribution in [2.45, 2.75) is 6.92 Å². The van der Waals surface area contributed by atoms with E-state index in [-0.39, 0.29) is 5.97 Å². The molecule has 0 aliphatic carbocycles. The second-order valence-corrected chi connectivity index (χ2v) is 2.99. The summed E-state index contributed by atoms with van der Waals surface area (Å²) >= 11 is 0. The Hall–Kier alpha value is -2.23. The van der Waals surface area contributed by atoms with Crippen molar-refractivity contribution in [2.24, 2.45) is 0 Å². The minimum absolute atomic E-state index is 0.319. The number of esters is 1. The molecule has 2 aromatic rings. The van der Waals surface area contributed by atoms with Gasteiger partial charge in [0.2, 0.25) is 0 Å². The Bertz CT molecular complexity index is 391. The van der Waals surface area contributed by atoms with Crippen molar-refractivity contribution in [1.82, 2.24) is 9.97 Å². The zero-order valence-electron chi connectivity index (χ0n) is 9.61. The molecule has 0 atom stereocenters. The summed E-state index contributed by atoms with van der Waals surface area (Å²) < 4.78 is 4.75. The number of carbonyl (C=O) groups is 1. The van der Waals surface area contributed by atoms with Gasteiger partial charge in [0.25, 0.3) is 0 Å². The summed E-state index contributed by atoms with van der Waals surface area (Å²) in [5.74, 6) is -0.319. The van der Waals surface area contributed by atoms with Crippen molar-refractivity contribution in [3.8, 4) is 0 Å². The highest BCUT2D eigenvalue weighted by Gasteiger charge is 2.03. The highest BCUT2D eigenvalue weighted by molar-refractivity contribution is 5.88. The Morgan fingerprint density at radius 3 is 2.24 bits per heavy atom. The number of hydrogen-bond donors (Lipinski definition) is 0. The van der Waals surface area contributed by atoms with Crippen LogP contribution < -0.4 is 0 Å². The topological polar surface area (TPSA) is 52.1 Å². The first-order chi connectivity index (χ1) is 8.34. The van der Waals surface area contributed by atoms with E-state index in [2.05, 4.69) is 9.97 Å². The normalized spacial score (nSPS) is 8.76. The standard InChI is InChI=1S/C8H9NO2.C5H5N/c1-2-11-8(10)7-4-3-5-9-6-7;1-2-4-6-5-3-1/h3-6H,2H2,1H3;1-5H. The maximum Gasteiger partial charge on any atom is 0.339 e. The van der Waals surface area contributed by atoms with Crippen LogP contribution in [0, 0.1) is 0 Å². The molecule has 0 unspecified atom stereocenters. The van der Waals surface area contributed by atoms with E-state index in [9.17, 15) is 4.79 Å². The SMILES string of the molecule is CCOC(=O)c1cccnc1.c1ccncc1. The number of hydrogen-bond acceptors (Lipinski definition) is 4. The highest BCUT2D eigenvalue weighted by Crippen LogP contribution is 1.97. The zero-order chi connectivity index (χ0) is 12.3. The first-order valence-corrected chi connectivity index (χ1v) is 5.26. The predicted octanol–water partition coefficient (Wildman–Crippen LogP) is 2.34. The van der Waals surface area contributed by atoms with Gasteiger partial charge in [-0.3, -0.25) is 9.97 Å². The van der Waals surface area contributed by atoms with Crippen molar-refractivity contribution in [3.63, 3.8) is 0 Å². The van der Waals surface area contributed by atoms with E-state index < -0.39 is 0 Å². The second kappa shape index (κ2) is 7.98. The molecule has 0 aliphatic rings. The summed E-state index contributed by atoms with van der Waals surface area (Å²) in [4.78, 5) is 18.6. The summed E-state index contributed by atoms with van der Waals surface area (Å²) in [6, 6.07) is 9.09. The predicted molar refractivity (Wildman–Crippen MR) is 64.4 cm³/mol. The van der Waals surface area contributed by atoms with Crippen molar-refractivity contribution in [1.29, 1.82) is 0 Å². The molecule has 0 spiro atoms. The number of ether oxygens (including phenoxy) is 1. The monoisotopic (exact) mass is 230 g/mol. The molecular formula is C13H14N2O2. The Labute approximate surface area is 100 Å². The molecular weight excluding hydrogens is 216 g/mol. The van der Waals surface area contributed by atoms with E-state index in [1.807, 2.05) is 18.2 Å². The fourth-order valence-electron chi connectivity index (χ4n) is 1.01. The number of aromatic nitrogens is 2. The molecule has 0 saturated carbocycles. The molecule has 4 heteroatoms. The van der Waals surface area contributed by atoms with Crippen LogP contribution in [-0.2, 0) is 4.74 Å². The summed E-state index contributed by atoms with van der Waals surface area (Å²) in [6.07, 6.45) is 6.60. The van der Waals surface area contributed by atoms with Crippen molar-refractivity contribution < 1.29 is 9.53 Å². The van der Waals surface area contributed by atoms with Crippen LogP contribution in [0.25, 0.3) is 0 Å². The quantitative estimate of drug-likeness (QED) is 0.743. The molecule has 0 amide bonds. The minimum atomic E-state index is -0.319. The number of carbonyl (C=O) groups excluding carboxylic acids is 1. The van der Waals surface area contributed by atoms with Crippen molar-refractivity contribution >= 4 is 5.97 Å². The molecule has 0 N–H and O–H groups in total. The van der Waals surface area contributed by atoms with Crippen LogP contribution in [0.1, 0.15) is 17.3 Å². The van der Waals surface area contributed by atoms with Crippen LogP contribution in [0.5, 0.6) is 0 Å². The fourth-order valence-corrected chi connectivity index (χ4v) is 1.01. The van der Waals surface area contributed by atoms with Gasteiger partial charge in [0.1, 0.15) is 0 Å². The molecule has 0 aromatic carbocycles. The minimum Gasteiger partial charge on any atom is -0.462 e. The first kappa shape index (κ1) is 12.8. The average molecular weight is 230 g/mol. The third-order valence-electron chi connectivity index (χ3n) is 1.74. The molecule has 2 aromatic heterocycles. The maximum absolute atomic E-state index is 11.0.